The molecular formula is C17H14BrN3O2. The molecule has 1 aromatic carbocycles. The molecule has 0 aliphatic heterocycles. The van der Waals surface area contributed by atoms with E-state index in [0.717, 1.165) is 15.9 Å². The van der Waals surface area contributed by atoms with E-state index >= 15 is 0 Å². The molecule has 0 atom stereocenters. The minimum absolute atomic E-state index is 0.217. The van der Waals surface area contributed by atoms with Crippen LogP contribution in [0.4, 0.5) is 11.4 Å². The first kappa shape index (κ1) is 15.3. The van der Waals surface area contributed by atoms with Gasteiger partial charge in [0.25, 0.3) is 5.91 Å². The number of rotatable bonds is 5. The lowest BCUT2D eigenvalue weighted by Crippen LogP contribution is -2.13. The van der Waals surface area contributed by atoms with Gasteiger partial charge in [-0.25, -0.2) is 0 Å². The second-order valence-corrected chi connectivity index (χ2v) is 5.68. The molecule has 0 fully saturated rings. The predicted molar refractivity (Wildman–Crippen MR) is 92.4 cm³/mol. The summed E-state index contributed by atoms with van der Waals surface area (Å²) in [5.41, 5.74) is 1.94. The number of nitrogens with zero attached hydrogens (tertiary/aromatic N) is 1. The Morgan fingerprint density at radius 3 is 2.83 bits per heavy atom. The van der Waals surface area contributed by atoms with Gasteiger partial charge >= 0.3 is 0 Å². The van der Waals surface area contributed by atoms with E-state index in [4.69, 9.17) is 4.42 Å². The lowest BCUT2D eigenvalue weighted by molar-refractivity contribution is 0.102. The summed E-state index contributed by atoms with van der Waals surface area (Å²) in [6.45, 7) is 0.532. The van der Waals surface area contributed by atoms with Gasteiger partial charge in [0.15, 0.2) is 0 Å². The van der Waals surface area contributed by atoms with E-state index in [9.17, 15) is 4.79 Å². The van der Waals surface area contributed by atoms with Gasteiger partial charge in [-0.2, -0.15) is 0 Å². The zero-order chi connectivity index (χ0) is 16.1. The number of carbonyl (C=O) groups excluding carboxylic acids is 1. The van der Waals surface area contributed by atoms with Gasteiger partial charge in [-0.1, -0.05) is 12.1 Å². The first-order valence-corrected chi connectivity index (χ1v) is 7.79. The minimum Gasteiger partial charge on any atom is -0.467 e. The highest BCUT2D eigenvalue weighted by molar-refractivity contribution is 9.10. The number of halogens is 1. The molecule has 6 heteroatoms. The highest BCUT2D eigenvalue weighted by Gasteiger charge is 2.09. The Morgan fingerprint density at radius 1 is 1.17 bits per heavy atom. The molecule has 2 heterocycles. The van der Waals surface area contributed by atoms with E-state index in [2.05, 4.69) is 31.5 Å². The number of benzene rings is 1. The quantitative estimate of drug-likeness (QED) is 0.701. The zero-order valence-corrected chi connectivity index (χ0v) is 13.7. The fraction of sp³-hybridized carbons (Fsp3) is 0.0588. The number of hydrogen-bond donors (Lipinski definition) is 2. The highest BCUT2D eigenvalue weighted by Crippen LogP contribution is 2.22. The lowest BCUT2D eigenvalue weighted by atomic mass is 10.2. The van der Waals surface area contributed by atoms with Crippen molar-refractivity contribution in [2.75, 3.05) is 10.6 Å². The number of para-hydroxylation sites is 1. The second kappa shape index (κ2) is 7.11. The Balaban J connectivity index is 1.69. The van der Waals surface area contributed by atoms with Crippen molar-refractivity contribution in [3.63, 3.8) is 0 Å². The summed E-state index contributed by atoms with van der Waals surface area (Å²) in [6, 6.07) is 12.9. The van der Waals surface area contributed by atoms with Gasteiger partial charge in [0.05, 0.1) is 29.7 Å². The second-order valence-electron chi connectivity index (χ2n) is 4.83. The molecule has 0 aliphatic carbocycles. The van der Waals surface area contributed by atoms with Crippen LogP contribution in [-0.4, -0.2) is 10.9 Å². The van der Waals surface area contributed by atoms with Crippen molar-refractivity contribution in [2.24, 2.45) is 0 Å². The van der Waals surface area contributed by atoms with Gasteiger partial charge in [0.1, 0.15) is 5.76 Å². The Bertz CT molecular complexity index is 803. The van der Waals surface area contributed by atoms with Crippen LogP contribution in [0.1, 0.15) is 16.1 Å². The van der Waals surface area contributed by atoms with Crippen molar-refractivity contribution in [3.8, 4) is 0 Å². The third kappa shape index (κ3) is 3.98. The van der Waals surface area contributed by atoms with Gasteiger partial charge in [0, 0.05) is 16.9 Å². The van der Waals surface area contributed by atoms with Crippen LogP contribution in [0.2, 0.25) is 0 Å². The van der Waals surface area contributed by atoms with E-state index in [0.29, 0.717) is 17.8 Å². The average molecular weight is 372 g/mol. The van der Waals surface area contributed by atoms with Crippen LogP contribution in [0.15, 0.2) is 70.0 Å². The molecule has 0 radical (unpaired) electrons. The normalized spacial score (nSPS) is 10.3. The van der Waals surface area contributed by atoms with E-state index < -0.39 is 0 Å². The SMILES string of the molecule is O=C(Nc1ccccc1Br)c1cncc(NCc2ccco2)c1. The molecule has 0 saturated carbocycles. The minimum atomic E-state index is -0.217. The molecule has 116 valence electrons. The summed E-state index contributed by atoms with van der Waals surface area (Å²) in [5.74, 6) is 0.596. The molecule has 5 nitrogen and oxygen atoms in total. The molecule has 23 heavy (non-hydrogen) atoms. The first-order chi connectivity index (χ1) is 11.2. The van der Waals surface area contributed by atoms with E-state index in [1.165, 1.54) is 6.20 Å². The van der Waals surface area contributed by atoms with Gasteiger partial charge < -0.3 is 15.1 Å². The maximum Gasteiger partial charge on any atom is 0.257 e. The topological polar surface area (TPSA) is 67.2 Å². The predicted octanol–water partition coefficient (Wildman–Crippen LogP) is 4.30. The Morgan fingerprint density at radius 2 is 2.04 bits per heavy atom. The fourth-order valence-electron chi connectivity index (χ4n) is 2.02. The number of carbonyl (C=O) groups is 1. The third-order valence-corrected chi connectivity index (χ3v) is 3.86. The maximum atomic E-state index is 12.3. The number of anilines is 2. The smallest absolute Gasteiger partial charge is 0.257 e. The van der Waals surface area contributed by atoms with Crippen LogP contribution in [0.5, 0.6) is 0 Å². The zero-order valence-electron chi connectivity index (χ0n) is 12.1. The summed E-state index contributed by atoms with van der Waals surface area (Å²) >= 11 is 3.41. The first-order valence-electron chi connectivity index (χ1n) is 6.99. The summed E-state index contributed by atoms with van der Waals surface area (Å²) in [7, 11) is 0. The van der Waals surface area contributed by atoms with Crippen molar-refractivity contribution in [1.82, 2.24) is 4.98 Å². The highest BCUT2D eigenvalue weighted by atomic mass is 79.9. The van der Waals surface area contributed by atoms with Crippen molar-refractivity contribution in [1.29, 1.82) is 0 Å². The number of hydrogen-bond acceptors (Lipinski definition) is 4. The summed E-state index contributed by atoms with van der Waals surface area (Å²) < 4.78 is 6.08. The largest absolute Gasteiger partial charge is 0.467 e. The van der Waals surface area contributed by atoms with Gasteiger partial charge in [-0.3, -0.25) is 9.78 Å². The van der Waals surface area contributed by atoms with E-state index in [-0.39, 0.29) is 5.91 Å². The molecule has 1 amide bonds. The molecule has 0 spiro atoms. The van der Waals surface area contributed by atoms with Crippen molar-refractivity contribution < 1.29 is 9.21 Å². The molecule has 0 aliphatic rings. The van der Waals surface area contributed by atoms with Crippen LogP contribution >= 0.6 is 15.9 Å². The molecule has 2 aromatic heterocycles. The standard InChI is InChI=1S/C17H14BrN3O2/c18-15-5-1-2-6-16(15)21-17(22)12-8-13(10-19-9-12)20-11-14-4-3-7-23-14/h1-10,20H,11H2,(H,21,22). The number of nitrogens with one attached hydrogen (secondary N) is 2. The number of aromatic nitrogens is 1. The van der Waals surface area contributed by atoms with Crippen molar-refractivity contribution in [3.05, 3.63) is 76.9 Å². The molecule has 3 aromatic rings. The van der Waals surface area contributed by atoms with Crippen molar-refractivity contribution in [2.45, 2.75) is 6.54 Å². The number of amides is 1. The molecular weight excluding hydrogens is 358 g/mol. The van der Waals surface area contributed by atoms with Gasteiger partial charge in [-0.15, -0.1) is 0 Å². The molecule has 0 unspecified atom stereocenters. The van der Waals surface area contributed by atoms with Crippen LogP contribution in [-0.2, 0) is 6.54 Å². The number of furan rings is 1. The van der Waals surface area contributed by atoms with Gasteiger partial charge in [-0.05, 0) is 46.3 Å². The average Bonchev–Trinajstić information content (AvgIpc) is 3.09. The van der Waals surface area contributed by atoms with E-state index in [1.807, 2.05) is 36.4 Å². The Kier molecular flexibility index (Phi) is 4.73. The molecule has 2 N–H and O–H groups in total. The van der Waals surface area contributed by atoms with Crippen LogP contribution in [0, 0.1) is 0 Å². The molecule has 0 saturated heterocycles. The van der Waals surface area contributed by atoms with Gasteiger partial charge in [0.2, 0.25) is 0 Å². The third-order valence-electron chi connectivity index (χ3n) is 3.17. The summed E-state index contributed by atoms with van der Waals surface area (Å²) in [6.07, 6.45) is 4.82. The maximum absolute atomic E-state index is 12.3. The van der Waals surface area contributed by atoms with Crippen molar-refractivity contribution >= 4 is 33.2 Å². The van der Waals surface area contributed by atoms with E-state index in [1.54, 1.807) is 18.5 Å². The summed E-state index contributed by atoms with van der Waals surface area (Å²) in [4.78, 5) is 16.4. The van der Waals surface area contributed by atoms with Crippen LogP contribution in [0.25, 0.3) is 0 Å². The fourth-order valence-corrected chi connectivity index (χ4v) is 2.40. The Labute approximate surface area is 141 Å². The summed E-state index contributed by atoms with van der Waals surface area (Å²) in [5, 5.41) is 6.02. The van der Waals surface area contributed by atoms with Crippen LogP contribution < -0.4 is 10.6 Å². The van der Waals surface area contributed by atoms with Crippen LogP contribution in [0.3, 0.4) is 0 Å². The number of pyridine rings is 1. The molecule has 3 rings (SSSR count). The monoisotopic (exact) mass is 371 g/mol. The molecule has 0 bridgehead atoms. The lowest BCUT2D eigenvalue weighted by Gasteiger charge is -2.09. The Hall–Kier alpha value is -2.60.